The van der Waals surface area contributed by atoms with Gasteiger partial charge in [-0.15, -0.1) is 0 Å². The third-order valence-electron chi connectivity index (χ3n) is 3.40. The van der Waals surface area contributed by atoms with Crippen molar-refractivity contribution < 1.29 is 13.2 Å². The molecule has 1 saturated heterocycles. The highest BCUT2D eigenvalue weighted by molar-refractivity contribution is 5.43. The molecule has 1 aromatic carbocycles. The zero-order chi connectivity index (χ0) is 10.6. The third kappa shape index (κ3) is 1.28. The van der Waals surface area contributed by atoms with Gasteiger partial charge in [0, 0.05) is 18.5 Å². The predicted octanol–water partition coefficient (Wildman–Crippen LogP) is 2.32. The fourth-order valence-corrected chi connectivity index (χ4v) is 2.48. The van der Waals surface area contributed by atoms with E-state index in [2.05, 4.69) is 5.32 Å². The molecule has 2 atom stereocenters. The van der Waals surface area contributed by atoms with Gasteiger partial charge in [-0.3, -0.25) is 0 Å². The molecule has 15 heavy (non-hydrogen) atoms. The van der Waals surface area contributed by atoms with Crippen molar-refractivity contribution in [1.29, 1.82) is 0 Å². The van der Waals surface area contributed by atoms with Crippen LogP contribution in [0, 0.1) is 0 Å². The normalized spacial score (nSPS) is 28.2. The molecule has 1 N–H and O–H groups in total. The number of alkyl halides is 3. The molecule has 1 fully saturated rings. The molecule has 1 aliphatic heterocycles. The van der Waals surface area contributed by atoms with Crippen LogP contribution in [-0.2, 0) is 12.6 Å². The van der Waals surface area contributed by atoms with Gasteiger partial charge in [-0.1, -0.05) is 6.07 Å². The summed E-state index contributed by atoms with van der Waals surface area (Å²) in [5, 5.41) is 3.23. The molecule has 2 aliphatic rings. The minimum atomic E-state index is -4.22. The van der Waals surface area contributed by atoms with Crippen molar-refractivity contribution in [3.05, 3.63) is 34.9 Å². The Kier molecular flexibility index (Phi) is 1.69. The molecular formula is C11H10F3N. The summed E-state index contributed by atoms with van der Waals surface area (Å²) in [6.45, 7) is 0.818. The molecule has 0 radical (unpaired) electrons. The summed E-state index contributed by atoms with van der Waals surface area (Å²) in [5.41, 5.74) is 1.45. The van der Waals surface area contributed by atoms with Crippen molar-refractivity contribution >= 4 is 0 Å². The van der Waals surface area contributed by atoms with Crippen molar-refractivity contribution in [1.82, 2.24) is 5.32 Å². The molecule has 1 aliphatic carbocycles. The van der Waals surface area contributed by atoms with Gasteiger partial charge >= 0.3 is 6.18 Å². The third-order valence-corrected chi connectivity index (χ3v) is 3.40. The highest BCUT2D eigenvalue weighted by atomic mass is 19.4. The second-order valence-corrected chi connectivity index (χ2v) is 4.24. The van der Waals surface area contributed by atoms with Crippen LogP contribution in [0.5, 0.6) is 0 Å². The lowest BCUT2D eigenvalue weighted by molar-refractivity contribution is -0.137. The summed E-state index contributed by atoms with van der Waals surface area (Å²) in [6, 6.07) is 4.51. The van der Waals surface area contributed by atoms with Gasteiger partial charge in [0.05, 0.1) is 5.56 Å². The fourth-order valence-electron chi connectivity index (χ4n) is 2.48. The van der Waals surface area contributed by atoms with Gasteiger partial charge in [0.1, 0.15) is 0 Å². The Labute approximate surface area is 85.3 Å². The Morgan fingerprint density at radius 3 is 2.67 bits per heavy atom. The van der Waals surface area contributed by atoms with Gasteiger partial charge in [-0.2, -0.15) is 13.2 Å². The van der Waals surface area contributed by atoms with Crippen LogP contribution in [0.2, 0.25) is 0 Å². The Morgan fingerprint density at radius 2 is 2.07 bits per heavy atom. The van der Waals surface area contributed by atoms with Crippen molar-refractivity contribution in [3.63, 3.8) is 0 Å². The predicted molar refractivity (Wildman–Crippen MR) is 49.7 cm³/mol. The van der Waals surface area contributed by atoms with Gasteiger partial charge in [-0.05, 0) is 29.7 Å². The maximum Gasteiger partial charge on any atom is 0.416 e. The summed E-state index contributed by atoms with van der Waals surface area (Å²) in [7, 11) is 0. The average molecular weight is 213 g/mol. The van der Waals surface area contributed by atoms with E-state index in [1.165, 1.54) is 12.1 Å². The smallest absolute Gasteiger partial charge is 0.312 e. The molecule has 80 valence electrons. The molecule has 0 aromatic heterocycles. The van der Waals surface area contributed by atoms with Crippen LogP contribution in [0.15, 0.2) is 18.2 Å². The summed E-state index contributed by atoms with van der Waals surface area (Å²) in [6.07, 6.45) is -3.34. The van der Waals surface area contributed by atoms with E-state index in [4.69, 9.17) is 0 Å². The summed E-state index contributed by atoms with van der Waals surface area (Å²) < 4.78 is 37.4. The van der Waals surface area contributed by atoms with E-state index in [1.54, 1.807) is 6.07 Å². The first-order valence-electron chi connectivity index (χ1n) is 4.99. The number of hydrogen-bond acceptors (Lipinski definition) is 1. The first-order valence-corrected chi connectivity index (χ1v) is 4.99. The molecule has 1 unspecified atom stereocenters. The minimum absolute atomic E-state index is 0.308. The standard InChI is InChI=1S/C11H10F3N/c12-11(13,14)7-2-1-6-3-10-9(5-15-10)8(6)4-7/h1-2,4,9-10,15H,3,5H2/t9-,10?/m1/s1. The van der Waals surface area contributed by atoms with Crippen LogP contribution in [0.1, 0.15) is 22.6 Å². The first kappa shape index (κ1) is 9.21. The molecule has 1 heterocycles. The van der Waals surface area contributed by atoms with Gasteiger partial charge in [-0.25, -0.2) is 0 Å². The Balaban J connectivity index is 2.04. The van der Waals surface area contributed by atoms with E-state index in [0.29, 0.717) is 12.0 Å². The van der Waals surface area contributed by atoms with E-state index in [0.717, 1.165) is 24.1 Å². The monoisotopic (exact) mass is 213 g/mol. The van der Waals surface area contributed by atoms with Crippen molar-refractivity contribution in [2.45, 2.75) is 24.6 Å². The number of nitrogens with one attached hydrogen (secondary N) is 1. The van der Waals surface area contributed by atoms with Crippen LogP contribution in [0.25, 0.3) is 0 Å². The lowest BCUT2D eigenvalue weighted by atomic mass is 9.91. The highest BCUT2D eigenvalue weighted by Gasteiger charge is 2.40. The molecule has 1 nitrogen and oxygen atoms in total. The molecule has 0 amide bonds. The number of fused-ring (bicyclic) bond motifs is 3. The SMILES string of the molecule is FC(F)(F)c1ccc2c(c1)[C@H]1CNC1C2. The number of hydrogen-bond donors (Lipinski definition) is 1. The molecular weight excluding hydrogens is 203 g/mol. The van der Waals surface area contributed by atoms with Gasteiger partial charge < -0.3 is 5.32 Å². The minimum Gasteiger partial charge on any atom is -0.312 e. The number of halogens is 3. The molecule has 0 bridgehead atoms. The molecule has 4 heteroatoms. The zero-order valence-corrected chi connectivity index (χ0v) is 7.93. The van der Waals surface area contributed by atoms with E-state index >= 15 is 0 Å². The Morgan fingerprint density at radius 1 is 1.27 bits per heavy atom. The molecule has 0 saturated carbocycles. The molecule has 1 aromatic rings. The van der Waals surface area contributed by atoms with Crippen LogP contribution < -0.4 is 5.32 Å². The maximum atomic E-state index is 12.5. The van der Waals surface area contributed by atoms with Gasteiger partial charge in [0.25, 0.3) is 0 Å². The second-order valence-electron chi connectivity index (χ2n) is 4.24. The Bertz CT molecular complexity index is 411. The van der Waals surface area contributed by atoms with Crippen molar-refractivity contribution in [3.8, 4) is 0 Å². The van der Waals surface area contributed by atoms with Crippen LogP contribution in [-0.4, -0.2) is 12.6 Å². The van der Waals surface area contributed by atoms with E-state index in [9.17, 15) is 13.2 Å². The molecule has 0 spiro atoms. The Hall–Kier alpha value is -1.03. The summed E-state index contributed by atoms with van der Waals surface area (Å²) >= 11 is 0. The van der Waals surface area contributed by atoms with Crippen LogP contribution in [0.4, 0.5) is 13.2 Å². The van der Waals surface area contributed by atoms with Crippen molar-refractivity contribution in [2.75, 3.05) is 6.54 Å². The first-order chi connectivity index (χ1) is 7.05. The van der Waals surface area contributed by atoms with Crippen molar-refractivity contribution in [2.24, 2.45) is 0 Å². The van der Waals surface area contributed by atoms with E-state index in [-0.39, 0.29) is 0 Å². The lowest BCUT2D eigenvalue weighted by Crippen LogP contribution is -2.48. The summed E-state index contributed by atoms with van der Waals surface area (Å²) in [5.74, 6) is 0.308. The quantitative estimate of drug-likeness (QED) is 0.697. The largest absolute Gasteiger partial charge is 0.416 e. The van der Waals surface area contributed by atoms with E-state index < -0.39 is 11.7 Å². The zero-order valence-electron chi connectivity index (χ0n) is 7.93. The van der Waals surface area contributed by atoms with Crippen LogP contribution in [0.3, 0.4) is 0 Å². The highest BCUT2D eigenvalue weighted by Crippen LogP contribution is 2.41. The lowest BCUT2D eigenvalue weighted by Gasteiger charge is -2.32. The fraction of sp³-hybridized carbons (Fsp3) is 0.455. The number of benzene rings is 1. The van der Waals surface area contributed by atoms with Gasteiger partial charge in [0.2, 0.25) is 0 Å². The van der Waals surface area contributed by atoms with Gasteiger partial charge in [0.15, 0.2) is 0 Å². The summed E-state index contributed by atoms with van der Waals surface area (Å²) in [4.78, 5) is 0. The molecule has 3 rings (SSSR count). The second kappa shape index (κ2) is 2.76. The number of rotatable bonds is 0. The van der Waals surface area contributed by atoms with Crippen LogP contribution >= 0.6 is 0 Å². The van der Waals surface area contributed by atoms with E-state index in [1.807, 2.05) is 0 Å². The average Bonchev–Trinajstić information content (AvgIpc) is 2.35. The topological polar surface area (TPSA) is 12.0 Å². The maximum absolute atomic E-state index is 12.5.